The molecule has 1 amide bonds. The summed E-state index contributed by atoms with van der Waals surface area (Å²) >= 11 is 3.51. The molecular weight excluding hydrogens is 316 g/mol. The summed E-state index contributed by atoms with van der Waals surface area (Å²) in [5, 5.41) is 3.05. The second kappa shape index (κ2) is 7.79. The molecule has 1 rings (SSSR count). The van der Waals surface area contributed by atoms with Gasteiger partial charge >= 0.3 is 0 Å². The first-order valence-electron chi connectivity index (χ1n) is 7.09. The Kier molecular flexibility index (Phi) is 6.69. The van der Waals surface area contributed by atoms with Crippen LogP contribution in [-0.2, 0) is 4.79 Å². The third-order valence-corrected chi connectivity index (χ3v) is 4.32. The number of rotatable bonds is 7. The minimum Gasteiger partial charge on any atom is -0.350 e. The van der Waals surface area contributed by atoms with Crippen molar-refractivity contribution in [3.63, 3.8) is 0 Å². The molecule has 0 spiro atoms. The van der Waals surface area contributed by atoms with Crippen LogP contribution in [0.2, 0.25) is 0 Å². The van der Waals surface area contributed by atoms with Crippen molar-refractivity contribution < 1.29 is 4.79 Å². The van der Waals surface area contributed by atoms with Gasteiger partial charge in [-0.05, 0) is 43.4 Å². The Morgan fingerprint density at radius 1 is 1.35 bits per heavy atom. The van der Waals surface area contributed by atoms with E-state index in [1.54, 1.807) is 0 Å². The number of halogens is 1. The Bertz CT molecular complexity index is 446. The summed E-state index contributed by atoms with van der Waals surface area (Å²) in [6, 6.07) is 7.97. The first kappa shape index (κ1) is 17.2. The van der Waals surface area contributed by atoms with Crippen LogP contribution in [0.25, 0.3) is 0 Å². The van der Waals surface area contributed by atoms with Crippen molar-refractivity contribution >= 4 is 21.8 Å². The molecule has 0 aliphatic heterocycles. The standard InChI is InChI=1S/C16H25BrN2O/c1-12(13-6-4-5-7-14(13)17)19-15(20)8-9-16(2,3)10-11-18/h4-7,12H,8-11,18H2,1-3H3,(H,19,20)/t12-/m0/s1. The van der Waals surface area contributed by atoms with Crippen LogP contribution in [0.3, 0.4) is 0 Å². The summed E-state index contributed by atoms with van der Waals surface area (Å²) in [6.45, 7) is 6.99. The van der Waals surface area contributed by atoms with Crippen LogP contribution in [0.4, 0.5) is 0 Å². The van der Waals surface area contributed by atoms with Gasteiger partial charge in [0.05, 0.1) is 6.04 Å². The molecule has 3 N–H and O–H groups in total. The van der Waals surface area contributed by atoms with Crippen molar-refractivity contribution in [2.24, 2.45) is 11.1 Å². The summed E-state index contributed by atoms with van der Waals surface area (Å²) < 4.78 is 1.02. The van der Waals surface area contributed by atoms with E-state index in [1.807, 2.05) is 31.2 Å². The first-order chi connectivity index (χ1) is 9.35. The Balaban J connectivity index is 2.49. The molecule has 1 aromatic carbocycles. The number of carbonyl (C=O) groups excluding carboxylic acids is 1. The van der Waals surface area contributed by atoms with Gasteiger partial charge in [0.25, 0.3) is 0 Å². The fourth-order valence-corrected chi connectivity index (χ4v) is 2.81. The van der Waals surface area contributed by atoms with Crippen molar-refractivity contribution in [1.29, 1.82) is 0 Å². The van der Waals surface area contributed by atoms with Gasteiger partial charge in [0.15, 0.2) is 0 Å². The normalized spacial score (nSPS) is 13.1. The lowest BCUT2D eigenvalue weighted by molar-refractivity contribution is -0.122. The summed E-state index contributed by atoms with van der Waals surface area (Å²) in [7, 11) is 0. The Morgan fingerprint density at radius 3 is 2.60 bits per heavy atom. The number of amides is 1. The molecule has 0 radical (unpaired) electrons. The second-order valence-electron chi connectivity index (χ2n) is 6.01. The topological polar surface area (TPSA) is 55.1 Å². The maximum atomic E-state index is 12.0. The quantitative estimate of drug-likeness (QED) is 0.793. The van der Waals surface area contributed by atoms with Gasteiger partial charge in [0.1, 0.15) is 0 Å². The molecule has 0 aliphatic carbocycles. The molecule has 20 heavy (non-hydrogen) atoms. The van der Waals surface area contributed by atoms with Crippen LogP contribution in [0, 0.1) is 5.41 Å². The van der Waals surface area contributed by atoms with Crippen molar-refractivity contribution in [2.45, 2.75) is 46.1 Å². The molecule has 1 atom stereocenters. The molecule has 3 nitrogen and oxygen atoms in total. The van der Waals surface area contributed by atoms with Gasteiger partial charge in [0, 0.05) is 10.9 Å². The first-order valence-corrected chi connectivity index (χ1v) is 7.89. The van der Waals surface area contributed by atoms with E-state index in [-0.39, 0.29) is 17.4 Å². The number of carbonyl (C=O) groups is 1. The number of nitrogens with two attached hydrogens (primary N) is 1. The van der Waals surface area contributed by atoms with Crippen LogP contribution in [0.5, 0.6) is 0 Å². The van der Waals surface area contributed by atoms with Gasteiger partial charge in [-0.2, -0.15) is 0 Å². The molecule has 0 saturated carbocycles. The maximum absolute atomic E-state index is 12.0. The molecule has 0 aliphatic rings. The number of benzene rings is 1. The lowest BCUT2D eigenvalue weighted by Crippen LogP contribution is -2.28. The molecule has 0 aromatic heterocycles. The van der Waals surface area contributed by atoms with Gasteiger partial charge in [-0.25, -0.2) is 0 Å². The minimum atomic E-state index is 0.00990. The van der Waals surface area contributed by atoms with Gasteiger partial charge in [-0.1, -0.05) is 48.0 Å². The SMILES string of the molecule is C[C@H](NC(=O)CCC(C)(C)CCN)c1ccccc1Br. The van der Waals surface area contributed by atoms with E-state index in [0.29, 0.717) is 13.0 Å². The average molecular weight is 341 g/mol. The van der Waals surface area contributed by atoms with Crippen molar-refractivity contribution in [2.75, 3.05) is 6.54 Å². The van der Waals surface area contributed by atoms with E-state index in [2.05, 4.69) is 35.1 Å². The van der Waals surface area contributed by atoms with Crippen LogP contribution >= 0.6 is 15.9 Å². The zero-order valence-electron chi connectivity index (χ0n) is 12.6. The maximum Gasteiger partial charge on any atom is 0.220 e. The van der Waals surface area contributed by atoms with Crippen molar-refractivity contribution in [3.05, 3.63) is 34.3 Å². The molecule has 0 bridgehead atoms. The Morgan fingerprint density at radius 2 is 2.00 bits per heavy atom. The van der Waals surface area contributed by atoms with Crippen molar-refractivity contribution in [3.8, 4) is 0 Å². The number of hydrogen-bond acceptors (Lipinski definition) is 2. The Labute approximate surface area is 130 Å². The van der Waals surface area contributed by atoms with E-state index >= 15 is 0 Å². The van der Waals surface area contributed by atoms with E-state index in [4.69, 9.17) is 5.73 Å². The monoisotopic (exact) mass is 340 g/mol. The molecule has 112 valence electrons. The van der Waals surface area contributed by atoms with E-state index < -0.39 is 0 Å². The fraction of sp³-hybridized carbons (Fsp3) is 0.562. The van der Waals surface area contributed by atoms with Crippen LogP contribution in [-0.4, -0.2) is 12.5 Å². The third kappa shape index (κ3) is 5.63. The predicted octanol–water partition coefficient (Wildman–Crippen LogP) is 3.78. The lowest BCUT2D eigenvalue weighted by Gasteiger charge is -2.24. The highest BCUT2D eigenvalue weighted by Crippen LogP contribution is 2.26. The largest absolute Gasteiger partial charge is 0.350 e. The van der Waals surface area contributed by atoms with Gasteiger partial charge in [0.2, 0.25) is 5.91 Å². The molecule has 4 heteroatoms. The number of hydrogen-bond donors (Lipinski definition) is 2. The van der Waals surface area contributed by atoms with Crippen LogP contribution in [0.15, 0.2) is 28.7 Å². The van der Waals surface area contributed by atoms with Crippen LogP contribution in [0.1, 0.15) is 51.6 Å². The molecule has 1 aromatic rings. The van der Waals surface area contributed by atoms with E-state index in [0.717, 1.165) is 22.9 Å². The summed E-state index contributed by atoms with van der Waals surface area (Å²) in [5.41, 5.74) is 6.82. The second-order valence-corrected chi connectivity index (χ2v) is 6.87. The van der Waals surface area contributed by atoms with Gasteiger partial charge in [-0.15, -0.1) is 0 Å². The van der Waals surface area contributed by atoms with E-state index in [1.165, 1.54) is 0 Å². The number of nitrogens with one attached hydrogen (secondary N) is 1. The molecule has 0 heterocycles. The lowest BCUT2D eigenvalue weighted by atomic mass is 9.84. The highest BCUT2D eigenvalue weighted by Gasteiger charge is 2.19. The Hall–Kier alpha value is -0.870. The minimum absolute atomic E-state index is 0.00990. The van der Waals surface area contributed by atoms with Gasteiger partial charge < -0.3 is 11.1 Å². The predicted molar refractivity (Wildman–Crippen MR) is 87.4 cm³/mol. The van der Waals surface area contributed by atoms with E-state index in [9.17, 15) is 4.79 Å². The van der Waals surface area contributed by atoms with Crippen molar-refractivity contribution in [1.82, 2.24) is 5.32 Å². The van der Waals surface area contributed by atoms with Crippen LogP contribution < -0.4 is 11.1 Å². The zero-order chi connectivity index (χ0) is 15.2. The van der Waals surface area contributed by atoms with Gasteiger partial charge in [-0.3, -0.25) is 4.79 Å². The highest BCUT2D eigenvalue weighted by molar-refractivity contribution is 9.10. The molecular formula is C16H25BrN2O. The zero-order valence-corrected chi connectivity index (χ0v) is 14.2. The summed E-state index contributed by atoms with van der Waals surface area (Å²) in [4.78, 5) is 12.0. The average Bonchev–Trinajstić information content (AvgIpc) is 2.37. The summed E-state index contributed by atoms with van der Waals surface area (Å²) in [5.74, 6) is 0.0957. The fourth-order valence-electron chi connectivity index (χ4n) is 2.19. The molecule has 0 saturated heterocycles. The molecule has 0 unspecified atom stereocenters. The molecule has 0 fully saturated rings. The summed E-state index contributed by atoms with van der Waals surface area (Å²) in [6.07, 6.45) is 2.35. The highest BCUT2D eigenvalue weighted by atomic mass is 79.9. The third-order valence-electron chi connectivity index (χ3n) is 3.60. The smallest absolute Gasteiger partial charge is 0.220 e.